The monoisotopic (exact) mass is 435 g/mol. The number of halogens is 1. The lowest BCUT2D eigenvalue weighted by Crippen LogP contribution is -2.33. The maximum absolute atomic E-state index is 11.3. The molecule has 0 heterocycles. The number of ether oxygens (including phenoxy) is 2. The molecule has 7 heteroatoms. The highest BCUT2D eigenvalue weighted by atomic mass is 127. The van der Waals surface area contributed by atoms with Gasteiger partial charge in [-0.15, -0.1) is 24.0 Å². The number of nitrogens with zero attached hydrogens (tertiary/aromatic N) is 1. The Hall–Kier alpha value is -1.35. The minimum absolute atomic E-state index is 0. The highest BCUT2D eigenvalue weighted by molar-refractivity contribution is 14.0. The van der Waals surface area contributed by atoms with Crippen LogP contribution in [0.25, 0.3) is 0 Å². The molecule has 1 aromatic rings. The summed E-state index contributed by atoms with van der Waals surface area (Å²) in [5, 5.41) is 3.07. The zero-order valence-electron chi connectivity index (χ0n) is 13.7. The van der Waals surface area contributed by atoms with Gasteiger partial charge in [0.05, 0.1) is 12.7 Å². The van der Waals surface area contributed by atoms with E-state index in [-0.39, 0.29) is 29.9 Å². The predicted molar refractivity (Wildman–Crippen MR) is 103 cm³/mol. The number of methoxy groups -OCH3 is 1. The van der Waals surface area contributed by atoms with Gasteiger partial charge in [-0.3, -0.25) is 4.99 Å². The fraction of sp³-hybridized carbons (Fsp3) is 0.500. The second-order valence-electron chi connectivity index (χ2n) is 4.68. The molecule has 1 rings (SSSR count). The van der Waals surface area contributed by atoms with Crippen LogP contribution >= 0.6 is 24.0 Å². The lowest BCUT2D eigenvalue weighted by Gasteiger charge is -2.06. The van der Waals surface area contributed by atoms with Crippen LogP contribution in [0.15, 0.2) is 29.3 Å². The van der Waals surface area contributed by atoms with Gasteiger partial charge in [-0.25, -0.2) is 4.79 Å². The van der Waals surface area contributed by atoms with Gasteiger partial charge in [0.1, 0.15) is 0 Å². The van der Waals surface area contributed by atoms with Gasteiger partial charge in [0.25, 0.3) is 0 Å². The normalized spacial score (nSPS) is 10.8. The maximum Gasteiger partial charge on any atom is 0.337 e. The number of rotatable bonds is 9. The second kappa shape index (κ2) is 13.1. The SMILES string of the molecule is CCOCCCN=C(N)NCCc1ccc(C(=O)OC)cc1.I. The van der Waals surface area contributed by atoms with Crippen LogP contribution in [0.5, 0.6) is 0 Å². The molecule has 0 aliphatic carbocycles. The molecule has 130 valence electrons. The van der Waals surface area contributed by atoms with E-state index in [2.05, 4.69) is 15.0 Å². The Morgan fingerprint density at radius 3 is 2.61 bits per heavy atom. The van der Waals surface area contributed by atoms with Crippen LogP contribution in [-0.4, -0.2) is 45.3 Å². The summed E-state index contributed by atoms with van der Waals surface area (Å²) >= 11 is 0. The minimum Gasteiger partial charge on any atom is -0.465 e. The second-order valence-corrected chi connectivity index (χ2v) is 4.68. The Bertz CT molecular complexity index is 478. The van der Waals surface area contributed by atoms with Crippen LogP contribution in [0.3, 0.4) is 0 Å². The third-order valence-electron chi connectivity index (χ3n) is 3.03. The van der Waals surface area contributed by atoms with Crippen molar-refractivity contribution in [3.05, 3.63) is 35.4 Å². The Labute approximate surface area is 154 Å². The summed E-state index contributed by atoms with van der Waals surface area (Å²) in [4.78, 5) is 15.5. The molecule has 0 saturated heterocycles. The number of carbonyl (C=O) groups excluding carboxylic acids is 1. The average molecular weight is 435 g/mol. The molecule has 0 amide bonds. The molecule has 0 saturated carbocycles. The summed E-state index contributed by atoms with van der Waals surface area (Å²) in [6.07, 6.45) is 1.67. The molecule has 6 nitrogen and oxygen atoms in total. The van der Waals surface area contributed by atoms with Gasteiger partial charge in [0, 0.05) is 26.3 Å². The number of nitrogens with one attached hydrogen (secondary N) is 1. The van der Waals surface area contributed by atoms with E-state index in [9.17, 15) is 4.79 Å². The fourth-order valence-electron chi connectivity index (χ4n) is 1.83. The molecule has 0 aliphatic rings. The van der Waals surface area contributed by atoms with Crippen LogP contribution in [-0.2, 0) is 15.9 Å². The predicted octanol–water partition coefficient (Wildman–Crippen LogP) is 1.96. The summed E-state index contributed by atoms with van der Waals surface area (Å²) in [6, 6.07) is 7.32. The van der Waals surface area contributed by atoms with Crippen molar-refractivity contribution in [3.63, 3.8) is 0 Å². The van der Waals surface area contributed by atoms with E-state index >= 15 is 0 Å². The number of hydrogen-bond donors (Lipinski definition) is 2. The molecule has 0 bridgehead atoms. The van der Waals surface area contributed by atoms with Crippen LogP contribution in [0.2, 0.25) is 0 Å². The van der Waals surface area contributed by atoms with Crippen LogP contribution in [0.4, 0.5) is 0 Å². The van der Waals surface area contributed by atoms with Crippen molar-refractivity contribution in [3.8, 4) is 0 Å². The smallest absolute Gasteiger partial charge is 0.337 e. The van der Waals surface area contributed by atoms with Crippen molar-refractivity contribution in [1.82, 2.24) is 5.32 Å². The Balaban J connectivity index is 0.00000484. The number of esters is 1. The van der Waals surface area contributed by atoms with E-state index in [0.717, 1.165) is 25.0 Å². The molecule has 0 radical (unpaired) electrons. The zero-order chi connectivity index (χ0) is 16.2. The van der Waals surface area contributed by atoms with Crippen LogP contribution in [0.1, 0.15) is 29.3 Å². The number of nitrogens with two attached hydrogens (primary N) is 1. The fourth-order valence-corrected chi connectivity index (χ4v) is 1.83. The van der Waals surface area contributed by atoms with Crippen molar-refractivity contribution in [2.24, 2.45) is 10.7 Å². The first kappa shape index (κ1) is 21.6. The first-order chi connectivity index (χ1) is 10.7. The number of hydrogen-bond acceptors (Lipinski definition) is 4. The average Bonchev–Trinajstić information content (AvgIpc) is 2.54. The zero-order valence-corrected chi connectivity index (χ0v) is 16.0. The molecule has 0 unspecified atom stereocenters. The van der Waals surface area contributed by atoms with E-state index in [4.69, 9.17) is 10.5 Å². The largest absolute Gasteiger partial charge is 0.465 e. The van der Waals surface area contributed by atoms with Gasteiger partial charge in [-0.2, -0.15) is 0 Å². The van der Waals surface area contributed by atoms with Crippen molar-refractivity contribution < 1.29 is 14.3 Å². The Morgan fingerprint density at radius 1 is 1.30 bits per heavy atom. The molecule has 0 aromatic heterocycles. The summed E-state index contributed by atoms with van der Waals surface area (Å²) in [5.41, 5.74) is 7.44. The highest BCUT2D eigenvalue weighted by Crippen LogP contribution is 2.06. The maximum atomic E-state index is 11.3. The molecular formula is C16H26IN3O3. The highest BCUT2D eigenvalue weighted by Gasteiger charge is 2.04. The summed E-state index contributed by atoms with van der Waals surface area (Å²) < 4.78 is 9.88. The van der Waals surface area contributed by atoms with E-state index in [1.54, 1.807) is 12.1 Å². The van der Waals surface area contributed by atoms with E-state index in [1.807, 2.05) is 19.1 Å². The van der Waals surface area contributed by atoms with Crippen molar-refractivity contribution >= 4 is 35.9 Å². The number of guanidine groups is 1. The van der Waals surface area contributed by atoms with Gasteiger partial charge in [-0.05, 0) is 37.5 Å². The van der Waals surface area contributed by atoms with Gasteiger partial charge in [0.15, 0.2) is 5.96 Å². The molecule has 23 heavy (non-hydrogen) atoms. The summed E-state index contributed by atoms with van der Waals surface area (Å²) in [5.74, 6) is 0.121. The van der Waals surface area contributed by atoms with Crippen LogP contribution < -0.4 is 11.1 Å². The summed E-state index contributed by atoms with van der Waals surface area (Å²) in [7, 11) is 1.37. The first-order valence-corrected chi connectivity index (χ1v) is 7.46. The molecular weight excluding hydrogens is 409 g/mol. The molecule has 0 aliphatic heterocycles. The van der Waals surface area contributed by atoms with E-state index in [1.165, 1.54) is 7.11 Å². The van der Waals surface area contributed by atoms with Gasteiger partial charge in [-0.1, -0.05) is 12.1 Å². The third-order valence-corrected chi connectivity index (χ3v) is 3.03. The molecule has 1 aromatic carbocycles. The number of aliphatic imine (C=N–C) groups is 1. The summed E-state index contributed by atoms with van der Waals surface area (Å²) in [6.45, 7) is 4.76. The third kappa shape index (κ3) is 9.39. The van der Waals surface area contributed by atoms with Gasteiger partial charge >= 0.3 is 5.97 Å². The standard InChI is InChI=1S/C16H25N3O3.HI/c1-3-22-12-4-10-18-16(17)19-11-9-13-5-7-14(8-6-13)15(20)21-2;/h5-8H,3-4,9-12H2,1-2H3,(H3,17,18,19);1H. The number of carbonyl (C=O) groups is 1. The Kier molecular flexibility index (Phi) is 12.4. The van der Waals surface area contributed by atoms with Crippen molar-refractivity contribution in [2.75, 3.05) is 33.4 Å². The van der Waals surface area contributed by atoms with Crippen molar-refractivity contribution in [2.45, 2.75) is 19.8 Å². The Morgan fingerprint density at radius 2 is 2.00 bits per heavy atom. The molecule has 0 fully saturated rings. The first-order valence-electron chi connectivity index (χ1n) is 7.46. The van der Waals surface area contributed by atoms with E-state index < -0.39 is 0 Å². The quantitative estimate of drug-likeness (QED) is 0.204. The van der Waals surface area contributed by atoms with Gasteiger partial charge < -0.3 is 20.5 Å². The van der Waals surface area contributed by atoms with E-state index in [0.29, 0.717) is 31.2 Å². The van der Waals surface area contributed by atoms with Crippen molar-refractivity contribution in [1.29, 1.82) is 0 Å². The minimum atomic E-state index is -0.326. The lowest BCUT2D eigenvalue weighted by atomic mass is 10.1. The molecule has 3 N–H and O–H groups in total. The number of benzene rings is 1. The van der Waals surface area contributed by atoms with Crippen LogP contribution in [0, 0.1) is 0 Å². The topological polar surface area (TPSA) is 85.9 Å². The molecule has 0 spiro atoms. The lowest BCUT2D eigenvalue weighted by molar-refractivity contribution is 0.0600. The van der Waals surface area contributed by atoms with Gasteiger partial charge in [0.2, 0.25) is 0 Å². The molecule has 0 atom stereocenters.